The minimum absolute atomic E-state index is 0.0694. The lowest BCUT2D eigenvalue weighted by Gasteiger charge is -2.15. The van der Waals surface area contributed by atoms with Crippen molar-refractivity contribution in [1.82, 2.24) is 14.6 Å². The summed E-state index contributed by atoms with van der Waals surface area (Å²) in [6, 6.07) is 9.87. The van der Waals surface area contributed by atoms with E-state index >= 15 is 0 Å². The summed E-state index contributed by atoms with van der Waals surface area (Å²) in [7, 11) is 0. The van der Waals surface area contributed by atoms with Gasteiger partial charge in [0.05, 0.1) is 35.0 Å². The third-order valence-electron chi connectivity index (χ3n) is 3.92. The molecule has 0 saturated carbocycles. The zero-order chi connectivity index (χ0) is 21.0. The number of allylic oxidation sites excluding steroid dienone is 3. The highest BCUT2D eigenvalue weighted by molar-refractivity contribution is 5.73. The van der Waals surface area contributed by atoms with Crippen LogP contribution in [0.1, 0.15) is 24.0 Å². The molecule has 3 rings (SSSR count). The Bertz CT molecular complexity index is 1060. The van der Waals surface area contributed by atoms with Crippen LogP contribution in [-0.4, -0.2) is 21.3 Å². The van der Waals surface area contributed by atoms with Crippen molar-refractivity contribution in [1.29, 1.82) is 0 Å². The van der Waals surface area contributed by atoms with E-state index in [0.717, 1.165) is 17.8 Å². The molecule has 0 bridgehead atoms. The molecule has 1 N–H and O–H groups in total. The van der Waals surface area contributed by atoms with Gasteiger partial charge in [0.2, 0.25) is 0 Å². The summed E-state index contributed by atoms with van der Waals surface area (Å²) < 4.78 is 55.6. The predicted molar refractivity (Wildman–Crippen MR) is 104 cm³/mol. The average molecular weight is 403 g/mol. The Hall–Kier alpha value is -3.49. The van der Waals surface area contributed by atoms with E-state index in [1.165, 1.54) is 19.1 Å². The first-order chi connectivity index (χ1) is 13.8. The van der Waals surface area contributed by atoms with E-state index in [-0.39, 0.29) is 23.5 Å². The minimum atomic E-state index is -4.71. The van der Waals surface area contributed by atoms with Crippen LogP contribution in [-0.2, 0) is 12.7 Å². The Kier molecular flexibility index (Phi) is 5.76. The highest BCUT2D eigenvalue weighted by Crippen LogP contribution is 2.35. The lowest BCUT2D eigenvalue weighted by atomic mass is 10.1. The number of anilines is 1. The molecule has 3 aromatic heterocycles. The molecule has 0 aliphatic heterocycles. The fraction of sp³-hybridized carbons (Fsp3) is 0.150. The van der Waals surface area contributed by atoms with Gasteiger partial charge in [-0.05, 0) is 50.0 Å². The van der Waals surface area contributed by atoms with Gasteiger partial charge in [-0.1, -0.05) is 6.07 Å². The Balaban J connectivity index is 1.92. The zero-order valence-electron chi connectivity index (χ0n) is 15.4. The van der Waals surface area contributed by atoms with Crippen molar-refractivity contribution in [3.63, 3.8) is 0 Å². The summed E-state index contributed by atoms with van der Waals surface area (Å²) in [6.07, 6.45) is -0.771. The zero-order valence-corrected chi connectivity index (χ0v) is 15.4. The molecule has 150 valence electrons. The molecule has 0 spiro atoms. The van der Waals surface area contributed by atoms with Crippen LogP contribution in [0.3, 0.4) is 0 Å². The van der Waals surface area contributed by atoms with E-state index in [4.69, 9.17) is 0 Å². The van der Waals surface area contributed by atoms with E-state index in [9.17, 15) is 17.6 Å². The largest absolute Gasteiger partial charge is 0.435 e. The molecule has 0 atom stereocenters. The minimum Gasteiger partial charge on any atom is -0.378 e. The fourth-order valence-electron chi connectivity index (χ4n) is 2.73. The first-order valence-electron chi connectivity index (χ1n) is 8.53. The normalized spacial score (nSPS) is 13.0. The second-order valence-corrected chi connectivity index (χ2v) is 6.15. The maximum absolute atomic E-state index is 13.6. The first-order valence-corrected chi connectivity index (χ1v) is 8.53. The molecule has 0 radical (unpaired) electrons. The monoisotopic (exact) mass is 403 g/mol. The summed E-state index contributed by atoms with van der Waals surface area (Å²) >= 11 is 0. The topological polar surface area (TPSA) is 54.6 Å². The number of fused-ring (bicyclic) bond motifs is 1. The number of aliphatic imine (C=N–C) groups is 1. The van der Waals surface area contributed by atoms with Gasteiger partial charge in [-0.15, -0.1) is 0 Å². The molecule has 3 heterocycles. The standard InChI is InChI=1S/C20H17F4N5/c1-13(21)9-14(11-25-2)17-6-7-18(19(27-17)20(22,23)24)26-12-15-10-16-5-3-4-8-29(16)28-15/h3-11,26H,2,12H2,1H3/b13-9+,14-11+. The van der Waals surface area contributed by atoms with Crippen LogP contribution in [0.4, 0.5) is 23.2 Å². The van der Waals surface area contributed by atoms with Gasteiger partial charge in [0, 0.05) is 18.0 Å². The first kappa shape index (κ1) is 20.2. The van der Waals surface area contributed by atoms with E-state index in [1.54, 1.807) is 22.8 Å². The molecule has 0 saturated heterocycles. The highest BCUT2D eigenvalue weighted by atomic mass is 19.4. The van der Waals surface area contributed by atoms with E-state index in [0.29, 0.717) is 5.69 Å². The predicted octanol–water partition coefficient (Wildman–Crippen LogP) is 5.28. The van der Waals surface area contributed by atoms with E-state index in [1.807, 2.05) is 12.1 Å². The summed E-state index contributed by atoms with van der Waals surface area (Å²) in [5.74, 6) is -0.593. The number of hydrogen-bond acceptors (Lipinski definition) is 4. The molecule has 0 unspecified atom stereocenters. The second-order valence-electron chi connectivity index (χ2n) is 6.15. The van der Waals surface area contributed by atoms with Crippen LogP contribution in [0.2, 0.25) is 0 Å². The van der Waals surface area contributed by atoms with Crippen molar-refractivity contribution in [3.8, 4) is 0 Å². The lowest BCUT2D eigenvalue weighted by Crippen LogP contribution is -2.14. The smallest absolute Gasteiger partial charge is 0.378 e. The van der Waals surface area contributed by atoms with Crippen molar-refractivity contribution in [2.45, 2.75) is 19.6 Å². The SMILES string of the molecule is C=N/C=C(\C=C(/C)F)c1ccc(NCc2cc3ccccn3n2)c(C(F)(F)F)n1. The number of aromatic nitrogens is 3. The van der Waals surface area contributed by atoms with Crippen LogP contribution < -0.4 is 5.32 Å². The Morgan fingerprint density at radius 1 is 1.28 bits per heavy atom. The lowest BCUT2D eigenvalue weighted by molar-refractivity contribution is -0.140. The maximum atomic E-state index is 13.6. The Labute approximate surface area is 164 Å². The number of nitrogens with zero attached hydrogens (tertiary/aromatic N) is 4. The van der Waals surface area contributed by atoms with Gasteiger partial charge in [-0.25, -0.2) is 13.9 Å². The number of halogens is 4. The van der Waals surface area contributed by atoms with Crippen LogP contribution in [0, 0.1) is 0 Å². The highest BCUT2D eigenvalue weighted by Gasteiger charge is 2.36. The van der Waals surface area contributed by atoms with Gasteiger partial charge in [-0.2, -0.15) is 18.3 Å². The van der Waals surface area contributed by atoms with Crippen molar-refractivity contribution >= 4 is 23.5 Å². The number of hydrogen-bond donors (Lipinski definition) is 1. The van der Waals surface area contributed by atoms with Gasteiger partial charge >= 0.3 is 6.18 Å². The van der Waals surface area contributed by atoms with Crippen molar-refractivity contribution in [2.24, 2.45) is 4.99 Å². The molecule has 0 fully saturated rings. The number of rotatable bonds is 6. The fourth-order valence-corrected chi connectivity index (χ4v) is 2.73. The van der Waals surface area contributed by atoms with Crippen molar-refractivity contribution < 1.29 is 17.6 Å². The molecule has 0 amide bonds. The number of alkyl halides is 3. The van der Waals surface area contributed by atoms with Crippen LogP contribution in [0.5, 0.6) is 0 Å². The average Bonchev–Trinajstić information content (AvgIpc) is 3.08. The molecule has 3 aromatic rings. The maximum Gasteiger partial charge on any atom is 0.435 e. The Morgan fingerprint density at radius 2 is 2.07 bits per heavy atom. The summed E-state index contributed by atoms with van der Waals surface area (Å²) in [5, 5.41) is 7.03. The molecule has 0 aromatic carbocycles. The van der Waals surface area contributed by atoms with Crippen molar-refractivity contribution in [3.05, 3.63) is 77.8 Å². The van der Waals surface area contributed by atoms with E-state index in [2.05, 4.69) is 27.1 Å². The molecular weight excluding hydrogens is 386 g/mol. The molecule has 0 aliphatic carbocycles. The van der Waals surface area contributed by atoms with Gasteiger partial charge in [0.15, 0.2) is 5.69 Å². The van der Waals surface area contributed by atoms with Gasteiger partial charge in [0.1, 0.15) is 0 Å². The number of pyridine rings is 2. The van der Waals surface area contributed by atoms with E-state index < -0.39 is 17.7 Å². The third-order valence-corrected chi connectivity index (χ3v) is 3.92. The molecule has 0 aliphatic rings. The van der Waals surface area contributed by atoms with Gasteiger partial charge < -0.3 is 5.32 Å². The number of nitrogens with one attached hydrogen (secondary N) is 1. The molecule has 9 heteroatoms. The van der Waals surface area contributed by atoms with Crippen LogP contribution in [0.15, 0.2) is 65.7 Å². The summed E-state index contributed by atoms with van der Waals surface area (Å²) in [6.45, 7) is 4.50. The molecular formula is C20H17F4N5. The summed E-state index contributed by atoms with van der Waals surface area (Å²) in [4.78, 5) is 7.20. The van der Waals surface area contributed by atoms with Crippen LogP contribution >= 0.6 is 0 Å². The summed E-state index contributed by atoms with van der Waals surface area (Å²) in [5.41, 5.74) is 0.0935. The third kappa shape index (κ3) is 4.87. The Morgan fingerprint density at radius 3 is 2.72 bits per heavy atom. The van der Waals surface area contributed by atoms with Crippen LogP contribution in [0.25, 0.3) is 11.1 Å². The second kappa shape index (κ2) is 8.26. The molecule has 29 heavy (non-hydrogen) atoms. The van der Waals surface area contributed by atoms with Crippen molar-refractivity contribution in [2.75, 3.05) is 5.32 Å². The quantitative estimate of drug-likeness (QED) is 0.346. The molecule has 5 nitrogen and oxygen atoms in total. The van der Waals surface area contributed by atoms with Gasteiger partial charge in [-0.3, -0.25) is 4.99 Å². The van der Waals surface area contributed by atoms with Gasteiger partial charge in [0.25, 0.3) is 0 Å².